The molecule has 3 rings (SSSR count). The predicted octanol–water partition coefficient (Wildman–Crippen LogP) is 3.53. The first-order chi connectivity index (χ1) is 11.3. The molecule has 4 nitrogen and oxygen atoms in total. The molecule has 2 fully saturated rings. The van der Waals surface area contributed by atoms with Crippen molar-refractivity contribution in [1.29, 1.82) is 0 Å². The lowest BCUT2D eigenvalue weighted by Gasteiger charge is -2.42. The first kappa shape index (κ1) is 19.5. The Kier molecular flexibility index (Phi) is 7.34. The number of benzene rings is 1. The Morgan fingerprint density at radius 1 is 1.29 bits per heavy atom. The summed E-state index contributed by atoms with van der Waals surface area (Å²) in [5, 5.41) is 7.12. The maximum Gasteiger partial charge on any atom is 0.191 e. The molecule has 2 atom stereocenters. The quantitative estimate of drug-likeness (QED) is 0.385. The van der Waals surface area contributed by atoms with Gasteiger partial charge in [-0.2, -0.15) is 0 Å². The topological polar surface area (TPSA) is 45.7 Å². The second-order valence-corrected chi connectivity index (χ2v) is 7.03. The summed E-state index contributed by atoms with van der Waals surface area (Å²) in [6.07, 6.45) is 6.28. The highest BCUT2D eigenvalue weighted by Gasteiger charge is 2.40. The summed E-state index contributed by atoms with van der Waals surface area (Å²) < 4.78 is 5.27. The van der Waals surface area contributed by atoms with Gasteiger partial charge in [-0.25, -0.2) is 0 Å². The number of aliphatic imine (C=N–C) groups is 1. The average Bonchev–Trinajstić information content (AvgIpc) is 3.32. The van der Waals surface area contributed by atoms with E-state index in [1.54, 1.807) is 7.11 Å². The lowest BCUT2D eigenvalue weighted by atomic mass is 9.67. The minimum Gasteiger partial charge on any atom is -0.385 e. The fourth-order valence-corrected chi connectivity index (χ4v) is 3.58. The molecule has 5 heteroatoms. The Labute approximate surface area is 162 Å². The maximum absolute atomic E-state index is 5.27. The number of halogens is 1. The van der Waals surface area contributed by atoms with Crippen LogP contribution in [0.25, 0.3) is 0 Å². The molecule has 0 radical (unpaired) electrons. The van der Waals surface area contributed by atoms with Gasteiger partial charge in [0.1, 0.15) is 0 Å². The number of hydrogen-bond acceptors (Lipinski definition) is 2. The fraction of sp³-hybridized carbons (Fsp3) is 0.632. The van der Waals surface area contributed by atoms with E-state index in [0.29, 0.717) is 17.4 Å². The third-order valence-corrected chi connectivity index (χ3v) is 5.45. The van der Waals surface area contributed by atoms with E-state index in [-0.39, 0.29) is 24.0 Å². The smallest absolute Gasteiger partial charge is 0.191 e. The first-order valence-corrected chi connectivity index (χ1v) is 8.77. The Bertz CT molecular complexity index is 531. The van der Waals surface area contributed by atoms with E-state index in [9.17, 15) is 0 Å². The SMILES string of the molecule is CN=C(NCC1(CCOC)CCC1)NC1CC1c1ccccc1.I. The van der Waals surface area contributed by atoms with E-state index in [4.69, 9.17) is 4.74 Å². The second kappa shape index (κ2) is 9.04. The Balaban J connectivity index is 0.00000208. The van der Waals surface area contributed by atoms with E-state index in [0.717, 1.165) is 25.5 Å². The van der Waals surface area contributed by atoms with Crippen LogP contribution in [0.3, 0.4) is 0 Å². The lowest BCUT2D eigenvalue weighted by Crippen LogP contribution is -2.47. The van der Waals surface area contributed by atoms with Crippen molar-refractivity contribution in [2.45, 2.75) is 44.1 Å². The van der Waals surface area contributed by atoms with E-state index in [1.807, 2.05) is 7.05 Å². The Morgan fingerprint density at radius 3 is 2.62 bits per heavy atom. The molecule has 2 N–H and O–H groups in total. The highest BCUT2D eigenvalue weighted by atomic mass is 127. The third-order valence-electron chi connectivity index (χ3n) is 5.45. The van der Waals surface area contributed by atoms with Gasteiger partial charge >= 0.3 is 0 Å². The van der Waals surface area contributed by atoms with Crippen LogP contribution in [-0.4, -0.2) is 39.3 Å². The van der Waals surface area contributed by atoms with Gasteiger partial charge in [0, 0.05) is 39.3 Å². The van der Waals surface area contributed by atoms with Gasteiger partial charge in [0.05, 0.1) is 0 Å². The number of nitrogens with one attached hydrogen (secondary N) is 2. The normalized spacial score (nSPS) is 24.5. The third kappa shape index (κ3) is 4.85. The summed E-state index contributed by atoms with van der Waals surface area (Å²) in [6, 6.07) is 11.3. The van der Waals surface area contributed by atoms with Crippen molar-refractivity contribution in [2.24, 2.45) is 10.4 Å². The van der Waals surface area contributed by atoms with E-state index >= 15 is 0 Å². The van der Waals surface area contributed by atoms with Crippen LogP contribution in [0, 0.1) is 5.41 Å². The minimum atomic E-state index is 0. The summed E-state index contributed by atoms with van der Waals surface area (Å²) in [4.78, 5) is 4.40. The molecule has 2 unspecified atom stereocenters. The molecule has 134 valence electrons. The molecule has 0 spiro atoms. The lowest BCUT2D eigenvalue weighted by molar-refractivity contribution is 0.0732. The van der Waals surface area contributed by atoms with Crippen molar-refractivity contribution in [3.05, 3.63) is 35.9 Å². The van der Waals surface area contributed by atoms with Gasteiger partial charge in [0.15, 0.2) is 5.96 Å². The maximum atomic E-state index is 5.27. The minimum absolute atomic E-state index is 0. The highest BCUT2D eigenvalue weighted by Crippen LogP contribution is 2.43. The van der Waals surface area contributed by atoms with Crippen molar-refractivity contribution >= 4 is 29.9 Å². The fourth-order valence-electron chi connectivity index (χ4n) is 3.58. The van der Waals surface area contributed by atoms with Gasteiger partial charge in [-0.1, -0.05) is 36.8 Å². The number of methoxy groups -OCH3 is 1. The van der Waals surface area contributed by atoms with Gasteiger partial charge in [0.2, 0.25) is 0 Å². The molecule has 2 aliphatic carbocycles. The summed E-state index contributed by atoms with van der Waals surface area (Å²) in [5.41, 5.74) is 1.84. The molecule has 0 aromatic heterocycles. The Morgan fingerprint density at radius 2 is 2.04 bits per heavy atom. The van der Waals surface area contributed by atoms with Crippen LogP contribution in [0.15, 0.2) is 35.3 Å². The molecule has 24 heavy (non-hydrogen) atoms. The van der Waals surface area contributed by atoms with Crippen LogP contribution in [-0.2, 0) is 4.74 Å². The summed E-state index contributed by atoms with van der Waals surface area (Å²) in [6.45, 7) is 1.85. The largest absolute Gasteiger partial charge is 0.385 e. The molecule has 2 aliphatic rings. The van der Waals surface area contributed by atoms with Crippen molar-refractivity contribution in [3.8, 4) is 0 Å². The first-order valence-electron chi connectivity index (χ1n) is 8.77. The summed E-state index contributed by atoms with van der Waals surface area (Å²) in [5.74, 6) is 1.57. The van der Waals surface area contributed by atoms with Gasteiger partial charge in [0.25, 0.3) is 0 Å². The molecule has 1 aromatic carbocycles. The molecular weight excluding hydrogens is 413 g/mol. The van der Waals surface area contributed by atoms with Crippen molar-refractivity contribution in [3.63, 3.8) is 0 Å². The number of hydrogen-bond donors (Lipinski definition) is 2. The molecule has 2 saturated carbocycles. The monoisotopic (exact) mass is 443 g/mol. The van der Waals surface area contributed by atoms with Crippen molar-refractivity contribution in [2.75, 3.05) is 27.3 Å². The molecule has 0 saturated heterocycles. The van der Waals surface area contributed by atoms with E-state index in [1.165, 1.54) is 31.2 Å². The molecule has 0 amide bonds. The summed E-state index contributed by atoms with van der Waals surface area (Å²) in [7, 11) is 3.65. The zero-order valence-electron chi connectivity index (χ0n) is 14.8. The molecule has 0 bridgehead atoms. The highest BCUT2D eigenvalue weighted by molar-refractivity contribution is 14.0. The molecule has 0 aliphatic heterocycles. The number of rotatable bonds is 7. The number of nitrogens with zero attached hydrogens (tertiary/aromatic N) is 1. The zero-order chi connectivity index (χ0) is 16.1. The summed E-state index contributed by atoms with van der Waals surface area (Å²) >= 11 is 0. The van der Waals surface area contributed by atoms with Crippen LogP contribution in [0.2, 0.25) is 0 Å². The van der Waals surface area contributed by atoms with Crippen LogP contribution in [0.4, 0.5) is 0 Å². The van der Waals surface area contributed by atoms with E-state index < -0.39 is 0 Å². The Hall–Kier alpha value is -0.820. The van der Waals surface area contributed by atoms with Crippen LogP contribution in [0.5, 0.6) is 0 Å². The number of guanidine groups is 1. The van der Waals surface area contributed by atoms with E-state index in [2.05, 4.69) is 46.0 Å². The predicted molar refractivity (Wildman–Crippen MR) is 110 cm³/mol. The average molecular weight is 443 g/mol. The molecule has 1 aromatic rings. The van der Waals surface area contributed by atoms with Crippen molar-refractivity contribution in [1.82, 2.24) is 10.6 Å². The second-order valence-electron chi connectivity index (χ2n) is 7.03. The van der Waals surface area contributed by atoms with Gasteiger partial charge in [-0.05, 0) is 36.7 Å². The molecular formula is C19H30IN3O. The van der Waals surface area contributed by atoms with Gasteiger partial charge < -0.3 is 15.4 Å². The van der Waals surface area contributed by atoms with Gasteiger partial charge in [-0.15, -0.1) is 24.0 Å². The molecule has 0 heterocycles. The number of ether oxygens (including phenoxy) is 1. The van der Waals surface area contributed by atoms with Crippen LogP contribution < -0.4 is 10.6 Å². The van der Waals surface area contributed by atoms with Crippen molar-refractivity contribution < 1.29 is 4.74 Å². The van der Waals surface area contributed by atoms with Gasteiger partial charge in [-0.3, -0.25) is 4.99 Å². The zero-order valence-corrected chi connectivity index (χ0v) is 17.1. The van der Waals surface area contributed by atoms with Crippen LogP contribution >= 0.6 is 24.0 Å². The van der Waals surface area contributed by atoms with Crippen LogP contribution in [0.1, 0.15) is 43.6 Å². The standard InChI is InChI=1S/C19H29N3O.HI/c1-20-18(21-14-19(9-6-10-19)11-12-23-2)22-17-13-16(17)15-7-4-3-5-8-15;/h3-5,7-8,16-17H,6,9-14H2,1-2H3,(H2,20,21,22);1H.